The number of nitrogens with one attached hydrogen (secondary N) is 1. The van der Waals surface area contributed by atoms with Gasteiger partial charge in [0.05, 0.1) is 12.1 Å². The zero-order valence-electron chi connectivity index (χ0n) is 8.95. The van der Waals surface area contributed by atoms with Crippen LogP contribution in [0, 0.1) is 0 Å². The quantitative estimate of drug-likeness (QED) is 0.529. The number of carboxylic acids is 1. The van der Waals surface area contributed by atoms with Crippen LogP contribution in [0.3, 0.4) is 0 Å². The molecule has 0 heterocycles. The van der Waals surface area contributed by atoms with Crippen molar-refractivity contribution < 1.29 is 24.5 Å². The zero-order valence-corrected chi connectivity index (χ0v) is 8.95. The second kappa shape index (κ2) is 6.36. The van der Waals surface area contributed by atoms with Gasteiger partial charge in [0.1, 0.15) is 13.2 Å². The van der Waals surface area contributed by atoms with Gasteiger partial charge in [-0.1, -0.05) is 6.92 Å². The number of aliphatic carboxylic acids is 1. The van der Waals surface area contributed by atoms with Crippen LogP contribution >= 0.6 is 0 Å². The highest BCUT2D eigenvalue weighted by molar-refractivity contribution is 5.78. The summed E-state index contributed by atoms with van der Waals surface area (Å²) in [7, 11) is 0. The van der Waals surface area contributed by atoms with Gasteiger partial charge in [-0.25, -0.2) is 4.79 Å². The third-order valence-electron chi connectivity index (χ3n) is 2.03. The van der Waals surface area contributed by atoms with Gasteiger partial charge in [-0.3, -0.25) is 4.79 Å². The maximum Gasteiger partial charge on any atom is 0.329 e. The van der Waals surface area contributed by atoms with Crippen LogP contribution in [0.4, 0.5) is 0 Å². The summed E-state index contributed by atoms with van der Waals surface area (Å²) >= 11 is 0. The highest BCUT2D eigenvalue weighted by atomic mass is 16.5. The molecule has 0 saturated heterocycles. The van der Waals surface area contributed by atoms with Crippen LogP contribution in [-0.4, -0.2) is 47.4 Å². The Morgan fingerprint density at radius 3 is 2.40 bits per heavy atom. The molecular weight excluding hydrogens is 202 g/mol. The molecule has 0 saturated carbocycles. The molecule has 0 spiro atoms. The summed E-state index contributed by atoms with van der Waals surface area (Å²) in [5, 5.41) is 19.8. The van der Waals surface area contributed by atoms with Crippen LogP contribution in [0.15, 0.2) is 0 Å². The third kappa shape index (κ3) is 6.03. The van der Waals surface area contributed by atoms with Gasteiger partial charge >= 0.3 is 5.97 Å². The van der Waals surface area contributed by atoms with Gasteiger partial charge < -0.3 is 20.3 Å². The Labute approximate surface area is 88.2 Å². The van der Waals surface area contributed by atoms with Crippen molar-refractivity contribution in [3.63, 3.8) is 0 Å². The van der Waals surface area contributed by atoms with E-state index in [1.165, 1.54) is 0 Å². The fourth-order valence-corrected chi connectivity index (χ4v) is 0.843. The first kappa shape index (κ1) is 13.9. The van der Waals surface area contributed by atoms with Gasteiger partial charge in [0.25, 0.3) is 0 Å². The number of amides is 1. The number of carboxylic acid groups (broad SMARTS) is 1. The van der Waals surface area contributed by atoms with Crippen molar-refractivity contribution >= 4 is 11.9 Å². The molecule has 0 aliphatic carbocycles. The summed E-state index contributed by atoms with van der Waals surface area (Å²) in [5.74, 6) is -1.56. The van der Waals surface area contributed by atoms with Crippen molar-refractivity contribution in [3.05, 3.63) is 0 Å². The molecule has 0 fully saturated rings. The Kier molecular flexibility index (Phi) is 5.88. The predicted molar refractivity (Wildman–Crippen MR) is 52.4 cm³/mol. The van der Waals surface area contributed by atoms with Crippen LogP contribution in [0.1, 0.15) is 20.3 Å². The summed E-state index contributed by atoms with van der Waals surface area (Å²) in [4.78, 5) is 21.3. The van der Waals surface area contributed by atoms with E-state index < -0.39 is 24.0 Å². The van der Waals surface area contributed by atoms with E-state index in [9.17, 15) is 9.59 Å². The predicted octanol–water partition coefficient (Wildman–Crippen LogP) is -0.635. The average Bonchev–Trinajstić information content (AvgIpc) is 2.17. The number of hydrogen-bond donors (Lipinski definition) is 3. The lowest BCUT2D eigenvalue weighted by Gasteiger charge is -2.26. The molecule has 1 atom stereocenters. The lowest BCUT2D eigenvalue weighted by atomic mass is 10.0. The number of rotatable bonds is 7. The summed E-state index contributed by atoms with van der Waals surface area (Å²) in [6, 6.07) is 0. The first-order chi connectivity index (χ1) is 6.93. The summed E-state index contributed by atoms with van der Waals surface area (Å²) < 4.78 is 4.60. The Balaban J connectivity index is 3.87. The summed E-state index contributed by atoms with van der Waals surface area (Å²) in [5.41, 5.74) is -0.677. The van der Waals surface area contributed by atoms with Crippen molar-refractivity contribution in [3.8, 4) is 0 Å². The molecule has 0 aromatic heterocycles. The molecule has 0 aromatic rings. The van der Waals surface area contributed by atoms with Crippen LogP contribution < -0.4 is 5.32 Å². The molecule has 88 valence electrons. The van der Waals surface area contributed by atoms with Crippen molar-refractivity contribution in [1.82, 2.24) is 5.32 Å². The van der Waals surface area contributed by atoms with Gasteiger partial charge in [0.15, 0.2) is 0 Å². The van der Waals surface area contributed by atoms with Crippen LogP contribution in [0.2, 0.25) is 0 Å². The highest BCUT2D eigenvalue weighted by Gasteiger charge is 2.22. The Morgan fingerprint density at radius 1 is 1.40 bits per heavy atom. The lowest BCUT2D eigenvalue weighted by molar-refractivity contribution is -0.143. The second-order valence-corrected chi connectivity index (χ2v) is 3.51. The van der Waals surface area contributed by atoms with E-state index in [4.69, 9.17) is 10.2 Å². The number of hydrogen-bond acceptors (Lipinski definition) is 4. The molecule has 1 unspecified atom stereocenters. The molecule has 0 aliphatic rings. The minimum absolute atomic E-state index is 0.172. The van der Waals surface area contributed by atoms with Crippen LogP contribution in [0.25, 0.3) is 0 Å². The highest BCUT2D eigenvalue weighted by Crippen LogP contribution is 2.06. The lowest BCUT2D eigenvalue weighted by Crippen LogP contribution is -2.49. The van der Waals surface area contributed by atoms with Gasteiger partial charge in [-0.05, 0) is 13.3 Å². The fraction of sp³-hybridized carbons (Fsp3) is 0.778. The monoisotopic (exact) mass is 219 g/mol. The SMILES string of the molecule is CCC(C)(CO)NC(=O)COCC(=O)O. The van der Waals surface area contributed by atoms with Crippen molar-refractivity contribution in [2.24, 2.45) is 0 Å². The summed E-state index contributed by atoms with van der Waals surface area (Å²) in [6.07, 6.45) is 0.578. The molecule has 1 amide bonds. The van der Waals surface area contributed by atoms with E-state index >= 15 is 0 Å². The molecular formula is C9H17NO5. The summed E-state index contributed by atoms with van der Waals surface area (Å²) in [6.45, 7) is 2.53. The minimum Gasteiger partial charge on any atom is -0.480 e. The zero-order chi connectivity index (χ0) is 11.9. The molecule has 3 N–H and O–H groups in total. The van der Waals surface area contributed by atoms with Crippen molar-refractivity contribution in [2.75, 3.05) is 19.8 Å². The van der Waals surface area contributed by atoms with E-state index in [-0.39, 0.29) is 13.2 Å². The largest absolute Gasteiger partial charge is 0.480 e. The van der Waals surface area contributed by atoms with E-state index in [1.807, 2.05) is 6.92 Å². The van der Waals surface area contributed by atoms with E-state index in [0.29, 0.717) is 6.42 Å². The fourth-order valence-electron chi connectivity index (χ4n) is 0.843. The van der Waals surface area contributed by atoms with Crippen LogP contribution in [0.5, 0.6) is 0 Å². The van der Waals surface area contributed by atoms with Gasteiger partial charge in [0, 0.05) is 0 Å². The molecule has 6 nitrogen and oxygen atoms in total. The molecule has 0 aromatic carbocycles. The normalized spacial score (nSPS) is 14.3. The smallest absolute Gasteiger partial charge is 0.329 e. The molecule has 0 radical (unpaired) electrons. The first-order valence-corrected chi connectivity index (χ1v) is 4.65. The van der Waals surface area contributed by atoms with Crippen molar-refractivity contribution in [1.29, 1.82) is 0 Å². The maximum absolute atomic E-state index is 11.2. The number of aliphatic hydroxyl groups is 1. The number of carbonyl (C=O) groups is 2. The first-order valence-electron chi connectivity index (χ1n) is 4.65. The van der Waals surface area contributed by atoms with Gasteiger partial charge in [-0.2, -0.15) is 0 Å². The number of ether oxygens (including phenoxy) is 1. The molecule has 0 aliphatic heterocycles. The Bertz CT molecular complexity index is 225. The number of carbonyl (C=O) groups excluding carboxylic acids is 1. The Morgan fingerprint density at radius 2 is 2.00 bits per heavy atom. The molecule has 6 heteroatoms. The van der Waals surface area contributed by atoms with E-state index in [0.717, 1.165) is 0 Å². The Hall–Kier alpha value is -1.14. The average molecular weight is 219 g/mol. The van der Waals surface area contributed by atoms with Gasteiger partial charge in [-0.15, -0.1) is 0 Å². The molecule has 0 rings (SSSR count). The van der Waals surface area contributed by atoms with E-state index in [2.05, 4.69) is 10.1 Å². The second-order valence-electron chi connectivity index (χ2n) is 3.51. The topological polar surface area (TPSA) is 95.9 Å². The van der Waals surface area contributed by atoms with E-state index in [1.54, 1.807) is 6.92 Å². The minimum atomic E-state index is -1.12. The molecule has 15 heavy (non-hydrogen) atoms. The van der Waals surface area contributed by atoms with Crippen molar-refractivity contribution in [2.45, 2.75) is 25.8 Å². The number of aliphatic hydroxyl groups excluding tert-OH is 1. The third-order valence-corrected chi connectivity index (χ3v) is 2.03. The standard InChI is InChI=1S/C9H17NO5/c1-3-9(2,6-11)10-7(12)4-15-5-8(13)14/h11H,3-6H2,1-2H3,(H,10,12)(H,13,14). The van der Waals surface area contributed by atoms with Gasteiger partial charge in [0.2, 0.25) is 5.91 Å². The molecule has 0 bridgehead atoms. The maximum atomic E-state index is 11.2. The van der Waals surface area contributed by atoms with Crippen LogP contribution in [-0.2, 0) is 14.3 Å².